The van der Waals surface area contributed by atoms with Gasteiger partial charge in [0.15, 0.2) is 5.15 Å². The van der Waals surface area contributed by atoms with Gasteiger partial charge in [0.25, 0.3) is 0 Å². The molecule has 2 N–H and O–H groups in total. The maximum atomic E-state index is 10.4. The molecule has 0 aliphatic heterocycles. The molecule has 4 nitrogen and oxygen atoms in total. The molecule has 2 unspecified atom stereocenters. The van der Waals surface area contributed by atoms with Crippen LogP contribution in [-0.2, 0) is 6.54 Å². The van der Waals surface area contributed by atoms with E-state index in [0.29, 0.717) is 18.2 Å². The van der Waals surface area contributed by atoms with Crippen molar-refractivity contribution < 1.29 is 5.11 Å². The monoisotopic (exact) mass is 295 g/mol. The van der Waals surface area contributed by atoms with E-state index in [9.17, 15) is 5.11 Å². The van der Waals surface area contributed by atoms with Crippen molar-refractivity contribution in [3.63, 3.8) is 0 Å². The summed E-state index contributed by atoms with van der Waals surface area (Å²) >= 11 is 6.17. The summed E-state index contributed by atoms with van der Waals surface area (Å²) in [5.41, 5.74) is 1.03. The van der Waals surface area contributed by atoms with Crippen LogP contribution in [0.2, 0.25) is 5.15 Å². The molecule has 0 aliphatic rings. The first-order valence-corrected chi connectivity index (χ1v) is 7.38. The van der Waals surface area contributed by atoms with Crippen LogP contribution in [0, 0.1) is 5.92 Å². The molecule has 5 heteroatoms. The zero-order valence-electron chi connectivity index (χ0n) is 12.2. The predicted octanol–water partition coefficient (Wildman–Crippen LogP) is 2.87. The number of nitrogens with zero attached hydrogens (tertiary/aromatic N) is 2. The number of imidazole rings is 1. The Balaban J connectivity index is 2.05. The van der Waals surface area contributed by atoms with E-state index in [1.807, 2.05) is 35.7 Å². The highest BCUT2D eigenvalue weighted by atomic mass is 35.5. The fourth-order valence-electron chi connectivity index (χ4n) is 2.22. The minimum Gasteiger partial charge on any atom is -0.389 e. The predicted molar refractivity (Wildman–Crippen MR) is 82.0 cm³/mol. The fraction of sp³-hybridized carbons (Fsp3) is 0.533. The van der Waals surface area contributed by atoms with Gasteiger partial charge in [-0.1, -0.05) is 37.9 Å². The van der Waals surface area contributed by atoms with E-state index in [0.717, 1.165) is 17.8 Å². The van der Waals surface area contributed by atoms with E-state index in [-0.39, 0.29) is 5.92 Å². The van der Waals surface area contributed by atoms with Crippen LogP contribution in [0.4, 0.5) is 0 Å². The first-order valence-electron chi connectivity index (χ1n) is 7.00. The van der Waals surface area contributed by atoms with Crippen LogP contribution in [0.15, 0.2) is 24.4 Å². The highest BCUT2D eigenvalue weighted by Gasteiger charge is 2.26. The van der Waals surface area contributed by atoms with Crippen LogP contribution >= 0.6 is 11.6 Å². The summed E-state index contributed by atoms with van der Waals surface area (Å²) in [7, 11) is 0. The number of fused-ring (bicyclic) bond motifs is 1. The largest absolute Gasteiger partial charge is 0.389 e. The molecule has 2 rings (SSSR count). The first kappa shape index (κ1) is 15.3. The summed E-state index contributed by atoms with van der Waals surface area (Å²) in [6, 6.07) is 5.80. The molecule has 0 radical (unpaired) electrons. The summed E-state index contributed by atoms with van der Waals surface area (Å²) < 4.78 is 1.97. The number of rotatable bonds is 6. The quantitative estimate of drug-likeness (QED) is 0.861. The molecular weight excluding hydrogens is 274 g/mol. The van der Waals surface area contributed by atoms with Gasteiger partial charge in [-0.05, 0) is 25.0 Å². The van der Waals surface area contributed by atoms with E-state index in [4.69, 9.17) is 11.6 Å². The standard InChI is InChI=1S/C15H22ClN3O/c1-4-11(2)15(3,20)10-17-9-12-14(16)18-13-7-5-6-8-19(12)13/h5-8,11,17,20H,4,9-10H2,1-3H3. The van der Waals surface area contributed by atoms with E-state index in [2.05, 4.69) is 24.1 Å². The van der Waals surface area contributed by atoms with Crippen LogP contribution in [0.3, 0.4) is 0 Å². The third-order valence-corrected chi connectivity index (χ3v) is 4.33. The summed E-state index contributed by atoms with van der Waals surface area (Å²) in [4.78, 5) is 4.31. The Labute approximate surface area is 124 Å². The van der Waals surface area contributed by atoms with Crippen LogP contribution in [0.5, 0.6) is 0 Å². The third kappa shape index (κ3) is 3.14. The van der Waals surface area contributed by atoms with Crippen molar-refractivity contribution >= 4 is 17.2 Å². The molecule has 20 heavy (non-hydrogen) atoms. The average molecular weight is 296 g/mol. The zero-order valence-corrected chi connectivity index (χ0v) is 13.0. The second kappa shape index (κ2) is 6.12. The lowest BCUT2D eigenvalue weighted by atomic mass is 9.89. The summed E-state index contributed by atoms with van der Waals surface area (Å²) in [6.45, 7) is 7.11. The number of nitrogens with one attached hydrogen (secondary N) is 1. The van der Waals surface area contributed by atoms with Gasteiger partial charge < -0.3 is 14.8 Å². The normalized spacial score (nSPS) is 16.2. The van der Waals surface area contributed by atoms with Crippen LogP contribution in [0.1, 0.15) is 32.9 Å². The Kier molecular flexibility index (Phi) is 4.68. The molecule has 0 spiro atoms. The van der Waals surface area contributed by atoms with E-state index in [1.165, 1.54) is 0 Å². The molecule has 110 valence electrons. The molecule has 0 bridgehead atoms. The first-order chi connectivity index (χ1) is 9.45. The number of aromatic nitrogens is 2. The number of halogens is 1. The SMILES string of the molecule is CCC(C)C(C)(O)CNCc1c(Cl)nc2ccccn12. The van der Waals surface area contributed by atoms with Gasteiger partial charge in [0.05, 0.1) is 11.3 Å². The smallest absolute Gasteiger partial charge is 0.152 e. The van der Waals surface area contributed by atoms with E-state index >= 15 is 0 Å². The Morgan fingerprint density at radius 2 is 2.25 bits per heavy atom. The van der Waals surface area contributed by atoms with Crippen molar-refractivity contribution in [3.05, 3.63) is 35.2 Å². The van der Waals surface area contributed by atoms with Gasteiger partial charge in [0.1, 0.15) is 5.65 Å². The highest BCUT2D eigenvalue weighted by molar-refractivity contribution is 6.30. The number of hydrogen-bond donors (Lipinski definition) is 2. The molecule has 0 aliphatic carbocycles. The van der Waals surface area contributed by atoms with Crippen LogP contribution in [-0.4, -0.2) is 26.6 Å². The summed E-state index contributed by atoms with van der Waals surface area (Å²) in [5, 5.41) is 14.2. The molecular formula is C15H22ClN3O. The number of hydrogen-bond acceptors (Lipinski definition) is 3. The van der Waals surface area contributed by atoms with Gasteiger partial charge in [0.2, 0.25) is 0 Å². The molecule has 0 saturated carbocycles. The summed E-state index contributed by atoms with van der Waals surface area (Å²) in [6.07, 6.45) is 2.89. The minimum atomic E-state index is -0.721. The molecule has 0 saturated heterocycles. The fourth-order valence-corrected chi connectivity index (χ4v) is 2.47. The Bertz CT molecular complexity index is 580. The lowest BCUT2D eigenvalue weighted by Gasteiger charge is -2.29. The van der Waals surface area contributed by atoms with E-state index in [1.54, 1.807) is 0 Å². The van der Waals surface area contributed by atoms with Gasteiger partial charge in [-0.2, -0.15) is 0 Å². The van der Waals surface area contributed by atoms with Gasteiger partial charge in [0, 0.05) is 19.3 Å². The van der Waals surface area contributed by atoms with Crippen LogP contribution < -0.4 is 5.32 Å². The van der Waals surface area contributed by atoms with Crippen molar-refractivity contribution in [2.45, 2.75) is 39.3 Å². The zero-order chi connectivity index (χ0) is 14.8. The lowest BCUT2D eigenvalue weighted by Crippen LogP contribution is -2.43. The lowest BCUT2D eigenvalue weighted by molar-refractivity contribution is 0.00528. The van der Waals surface area contributed by atoms with E-state index < -0.39 is 5.60 Å². The molecule has 2 aromatic rings. The van der Waals surface area contributed by atoms with Crippen LogP contribution in [0.25, 0.3) is 5.65 Å². The van der Waals surface area contributed by atoms with Crippen molar-refractivity contribution in [2.75, 3.05) is 6.54 Å². The Hall–Kier alpha value is -1.10. The Morgan fingerprint density at radius 1 is 1.50 bits per heavy atom. The number of pyridine rings is 1. The van der Waals surface area contributed by atoms with Gasteiger partial charge in [-0.15, -0.1) is 0 Å². The maximum Gasteiger partial charge on any atom is 0.152 e. The minimum absolute atomic E-state index is 0.243. The topological polar surface area (TPSA) is 49.6 Å². The molecule has 0 aromatic carbocycles. The van der Waals surface area contributed by atoms with Crippen molar-refractivity contribution in [1.29, 1.82) is 0 Å². The average Bonchev–Trinajstić information content (AvgIpc) is 2.74. The second-order valence-electron chi connectivity index (χ2n) is 5.55. The van der Waals surface area contributed by atoms with Gasteiger partial charge in [-0.3, -0.25) is 0 Å². The maximum absolute atomic E-state index is 10.4. The van der Waals surface area contributed by atoms with Crippen molar-refractivity contribution in [1.82, 2.24) is 14.7 Å². The molecule has 2 heterocycles. The number of aliphatic hydroxyl groups is 1. The molecule has 2 aromatic heterocycles. The highest BCUT2D eigenvalue weighted by Crippen LogP contribution is 2.20. The van der Waals surface area contributed by atoms with Crippen molar-refractivity contribution in [3.8, 4) is 0 Å². The Morgan fingerprint density at radius 3 is 2.95 bits per heavy atom. The molecule has 0 amide bonds. The summed E-state index contributed by atoms with van der Waals surface area (Å²) in [5.74, 6) is 0.243. The van der Waals surface area contributed by atoms with Gasteiger partial charge >= 0.3 is 0 Å². The van der Waals surface area contributed by atoms with Crippen molar-refractivity contribution in [2.24, 2.45) is 5.92 Å². The van der Waals surface area contributed by atoms with Gasteiger partial charge in [-0.25, -0.2) is 4.98 Å². The molecule has 0 fully saturated rings. The third-order valence-electron chi connectivity index (χ3n) is 4.03. The molecule has 2 atom stereocenters. The second-order valence-corrected chi connectivity index (χ2v) is 5.91.